The highest BCUT2D eigenvalue weighted by Crippen LogP contribution is 2.43. The van der Waals surface area contributed by atoms with Gasteiger partial charge in [-0.05, 0) is 63.6 Å². The van der Waals surface area contributed by atoms with Gasteiger partial charge in [0.2, 0.25) is 11.8 Å². The highest BCUT2D eigenvalue weighted by molar-refractivity contribution is 5.91. The molecule has 1 saturated heterocycles. The number of ether oxygens (including phenoxy) is 1. The topological polar surface area (TPSA) is 126 Å². The minimum Gasteiger partial charge on any atom is -0.444 e. The number of likely N-dealkylation sites (tertiary alicyclic amines) is 1. The highest BCUT2D eigenvalue weighted by Gasteiger charge is 2.52. The van der Waals surface area contributed by atoms with E-state index in [2.05, 4.69) is 5.32 Å². The van der Waals surface area contributed by atoms with E-state index in [0.717, 1.165) is 24.8 Å². The van der Waals surface area contributed by atoms with Gasteiger partial charge in [-0.3, -0.25) is 14.5 Å². The number of primary amides is 1. The Balaban J connectivity index is 1.73. The summed E-state index contributed by atoms with van der Waals surface area (Å²) >= 11 is 0. The zero-order valence-corrected chi connectivity index (χ0v) is 17.6. The number of nitrogens with one attached hydrogen (secondary N) is 1. The molecule has 1 aromatic carbocycles. The zero-order chi connectivity index (χ0) is 22.1. The predicted molar refractivity (Wildman–Crippen MR) is 109 cm³/mol. The molecule has 3 amide bonds. The number of piperidine rings is 1. The molecular weight excluding hydrogens is 384 g/mol. The molecule has 1 aliphatic heterocycles. The first-order chi connectivity index (χ1) is 14.1. The molecule has 1 aliphatic carbocycles. The van der Waals surface area contributed by atoms with Crippen molar-refractivity contribution in [1.29, 1.82) is 5.26 Å². The molecule has 2 aliphatic rings. The van der Waals surface area contributed by atoms with Gasteiger partial charge in [0.25, 0.3) is 0 Å². The van der Waals surface area contributed by atoms with Crippen LogP contribution < -0.4 is 11.1 Å². The quantitative estimate of drug-likeness (QED) is 0.763. The van der Waals surface area contributed by atoms with E-state index in [1.807, 2.05) is 6.07 Å². The van der Waals surface area contributed by atoms with E-state index < -0.39 is 29.7 Å². The van der Waals surface area contributed by atoms with Crippen LogP contribution in [-0.4, -0.2) is 46.5 Å². The van der Waals surface area contributed by atoms with Crippen molar-refractivity contribution >= 4 is 17.9 Å². The number of benzene rings is 1. The Kier molecular flexibility index (Phi) is 6.01. The van der Waals surface area contributed by atoms with Crippen molar-refractivity contribution in [2.24, 2.45) is 11.7 Å². The summed E-state index contributed by atoms with van der Waals surface area (Å²) in [7, 11) is 0. The number of nitriles is 1. The van der Waals surface area contributed by atoms with E-state index in [1.54, 1.807) is 45.0 Å². The molecule has 4 atom stereocenters. The molecule has 0 radical (unpaired) electrons. The van der Waals surface area contributed by atoms with E-state index >= 15 is 0 Å². The Labute approximate surface area is 176 Å². The van der Waals surface area contributed by atoms with Gasteiger partial charge in [-0.1, -0.05) is 12.1 Å². The Bertz CT molecular complexity index is 869. The van der Waals surface area contributed by atoms with E-state index in [0.29, 0.717) is 5.56 Å². The minimum atomic E-state index is -0.912. The molecule has 0 spiro atoms. The van der Waals surface area contributed by atoms with Gasteiger partial charge >= 0.3 is 6.09 Å². The Morgan fingerprint density at radius 3 is 2.50 bits per heavy atom. The molecule has 2 bridgehead atoms. The summed E-state index contributed by atoms with van der Waals surface area (Å²) in [5.74, 6) is -0.990. The molecular formula is C22H28N4O4. The molecule has 3 N–H and O–H groups in total. The number of hydrogen-bond donors (Lipinski definition) is 2. The summed E-state index contributed by atoms with van der Waals surface area (Å²) in [6, 6.07) is 7.19. The zero-order valence-electron chi connectivity index (χ0n) is 17.6. The van der Waals surface area contributed by atoms with Crippen molar-refractivity contribution in [2.45, 2.75) is 70.2 Å². The van der Waals surface area contributed by atoms with Gasteiger partial charge < -0.3 is 15.8 Å². The molecule has 1 heterocycles. The average Bonchev–Trinajstić information content (AvgIpc) is 3.28. The summed E-state index contributed by atoms with van der Waals surface area (Å²) < 4.78 is 5.51. The minimum absolute atomic E-state index is 0.0221. The summed E-state index contributed by atoms with van der Waals surface area (Å²) in [4.78, 5) is 39.4. The lowest BCUT2D eigenvalue weighted by molar-refractivity contribution is -0.132. The fourth-order valence-electron chi connectivity index (χ4n) is 4.33. The van der Waals surface area contributed by atoms with Gasteiger partial charge in [-0.15, -0.1) is 0 Å². The number of hydrogen-bond acceptors (Lipinski definition) is 5. The fourth-order valence-corrected chi connectivity index (χ4v) is 4.33. The number of nitrogens with two attached hydrogens (primary N) is 1. The van der Waals surface area contributed by atoms with Crippen molar-refractivity contribution in [3.63, 3.8) is 0 Å². The van der Waals surface area contributed by atoms with Gasteiger partial charge in [-0.2, -0.15) is 5.26 Å². The second kappa shape index (κ2) is 8.34. The van der Waals surface area contributed by atoms with Crippen LogP contribution in [0.3, 0.4) is 0 Å². The van der Waals surface area contributed by atoms with Crippen molar-refractivity contribution in [3.8, 4) is 6.07 Å². The second-order valence-corrected chi connectivity index (χ2v) is 9.04. The first-order valence-electron chi connectivity index (χ1n) is 10.2. The standard InChI is InChI=1S/C22H28N4O4/c1-22(2,3)30-21(29)26-16-9-8-15(11-16)18(26)20(28)25-17(19(24)27)10-13-4-6-14(12-23)7-5-13/h4-7,15-18H,8-11H2,1-3H3,(H2,24,27)(H,25,28)/t15-,16+,17-,18-/m0/s1. The smallest absolute Gasteiger partial charge is 0.411 e. The largest absolute Gasteiger partial charge is 0.444 e. The van der Waals surface area contributed by atoms with Crippen LogP contribution in [0.5, 0.6) is 0 Å². The van der Waals surface area contributed by atoms with Crippen molar-refractivity contribution in [1.82, 2.24) is 10.2 Å². The Hall–Kier alpha value is -3.08. The number of amides is 3. The lowest BCUT2D eigenvalue weighted by Gasteiger charge is -2.36. The van der Waals surface area contributed by atoms with Gasteiger partial charge in [0, 0.05) is 12.5 Å². The fraction of sp³-hybridized carbons (Fsp3) is 0.545. The van der Waals surface area contributed by atoms with Crippen LogP contribution in [0.1, 0.15) is 51.2 Å². The Morgan fingerprint density at radius 1 is 1.27 bits per heavy atom. The van der Waals surface area contributed by atoms with Crippen LogP contribution in [0.15, 0.2) is 24.3 Å². The number of carbonyl (C=O) groups excluding carboxylic acids is 3. The molecule has 8 heteroatoms. The van der Waals surface area contributed by atoms with E-state index in [4.69, 9.17) is 15.7 Å². The van der Waals surface area contributed by atoms with Crippen LogP contribution in [0.2, 0.25) is 0 Å². The van der Waals surface area contributed by atoms with Crippen LogP contribution in [0, 0.1) is 17.2 Å². The van der Waals surface area contributed by atoms with E-state index in [-0.39, 0.29) is 24.3 Å². The van der Waals surface area contributed by atoms with E-state index in [9.17, 15) is 14.4 Å². The molecule has 1 saturated carbocycles. The van der Waals surface area contributed by atoms with Gasteiger partial charge in [0.1, 0.15) is 17.7 Å². The van der Waals surface area contributed by atoms with Crippen molar-refractivity contribution < 1.29 is 19.1 Å². The maximum absolute atomic E-state index is 13.1. The SMILES string of the molecule is CC(C)(C)OC(=O)N1[C@@H]2CC[C@@H](C2)[C@H]1C(=O)N[C@@H](Cc1ccc(C#N)cc1)C(N)=O. The molecule has 8 nitrogen and oxygen atoms in total. The van der Waals surface area contributed by atoms with Crippen LogP contribution in [-0.2, 0) is 20.7 Å². The molecule has 0 aromatic heterocycles. The van der Waals surface area contributed by atoms with Crippen molar-refractivity contribution in [3.05, 3.63) is 35.4 Å². The summed E-state index contributed by atoms with van der Waals surface area (Å²) in [5, 5.41) is 11.6. The second-order valence-electron chi connectivity index (χ2n) is 9.04. The van der Waals surface area contributed by atoms with Crippen LogP contribution >= 0.6 is 0 Å². The number of nitrogens with zero attached hydrogens (tertiary/aromatic N) is 2. The van der Waals surface area contributed by atoms with Gasteiger partial charge in [0.05, 0.1) is 11.6 Å². The molecule has 0 unspecified atom stereocenters. The maximum Gasteiger partial charge on any atom is 0.411 e. The molecule has 1 aromatic rings. The Morgan fingerprint density at radius 2 is 1.93 bits per heavy atom. The third kappa shape index (κ3) is 4.73. The van der Waals surface area contributed by atoms with Crippen molar-refractivity contribution in [2.75, 3.05) is 0 Å². The lowest BCUT2D eigenvalue weighted by atomic mass is 9.97. The summed E-state index contributed by atoms with van der Waals surface area (Å²) in [5.41, 5.74) is 6.15. The molecule has 160 valence electrons. The number of rotatable bonds is 5. The van der Waals surface area contributed by atoms with Crippen LogP contribution in [0.4, 0.5) is 4.79 Å². The molecule has 2 fully saturated rings. The van der Waals surface area contributed by atoms with Gasteiger partial charge in [0.15, 0.2) is 0 Å². The number of carbonyl (C=O) groups is 3. The van der Waals surface area contributed by atoms with E-state index in [1.165, 1.54) is 4.90 Å². The first-order valence-corrected chi connectivity index (χ1v) is 10.2. The third-order valence-corrected chi connectivity index (χ3v) is 5.64. The predicted octanol–water partition coefficient (Wildman–Crippen LogP) is 1.86. The summed E-state index contributed by atoms with van der Waals surface area (Å²) in [6.07, 6.45) is 2.17. The highest BCUT2D eigenvalue weighted by atomic mass is 16.6. The third-order valence-electron chi connectivity index (χ3n) is 5.64. The maximum atomic E-state index is 13.1. The molecule has 3 rings (SSSR count). The van der Waals surface area contributed by atoms with Gasteiger partial charge in [-0.25, -0.2) is 4.79 Å². The normalized spacial score (nSPS) is 23.5. The first kappa shape index (κ1) is 21.6. The average molecular weight is 412 g/mol. The monoisotopic (exact) mass is 412 g/mol. The lowest BCUT2D eigenvalue weighted by Crippen LogP contribution is -2.57. The van der Waals surface area contributed by atoms with Crippen LogP contribution in [0.25, 0.3) is 0 Å². The molecule has 30 heavy (non-hydrogen) atoms. The number of fused-ring (bicyclic) bond motifs is 2. The summed E-state index contributed by atoms with van der Waals surface area (Å²) in [6.45, 7) is 5.36.